The van der Waals surface area contributed by atoms with Crippen molar-refractivity contribution < 1.29 is 17.7 Å². The van der Waals surface area contributed by atoms with Crippen LogP contribution >= 0.6 is 0 Å². The molecule has 115 heavy (non-hydrogen) atoms. The third-order valence-corrected chi connectivity index (χ3v) is 23.9. The summed E-state index contributed by atoms with van der Waals surface area (Å²) >= 11 is 0. The molecule has 8 heterocycles. The molecule has 12 nitrogen and oxygen atoms in total. The van der Waals surface area contributed by atoms with Crippen molar-refractivity contribution in [3.05, 3.63) is 331 Å². The number of furan rings is 4. The molecule has 0 saturated carbocycles. The summed E-state index contributed by atoms with van der Waals surface area (Å²) in [6, 6.07) is 96.2. The van der Waals surface area contributed by atoms with E-state index in [9.17, 15) is 0 Å². The van der Waals surface area contributed by atoms with Crippen molar-refractivity contribution in [3.63, 3.8) is 0 Å². The standard InChI is InChI=1S/C29H32N2O.C27H22N2O.C24H24N2O.C23H20N2O/c1-18(2)22-11-9-12-23(19(3)4)28(22)31-17-16-30(21(31)6)27-20(5)14-15-25-24-10-7-8-13-26(24)32-29(25)27;1-18-16-17-22-21-12-6-9-15-25(21)30-27(22)26(18)29-19(2)28(20-10-4-3-5-11-20)23-13-7-8-14-24(23)29;1-15(2)25-17(4)26(21-11-7-6-10-20(21)25)23-16(3)13-14-19-18-9-5-8-12-22(18)27-24(19)23;1-16-12-13-20-19-10-6-7-11-21(19)26-23(20)22(16)25-15-14-24(17(25)2)18-8-4-3-5-9-18/h7-19,21H,1-6H3;3-17,19H,1-2H3;5-15,17H,1-4H3;3-15,17H,1-2H3. The Labute approximate surface area is 673 Å². The maximum atomic E-state index is 6.42. The molecule has 17 aromatic rings. The largest absolute Gasteiger partial charge is 0.454 e. The van der Waals surface area contributed by atoms with Crippen LogP contribution < -0.4 is 39.2 Å². The van der Waals surface area contributed by atoms with Gasteiger partial charge in [-0.25, -0.2) is 0 Å². The Balaban J connectivity index is 0.000000107. The van der Waals surface area contributed by atoms with Crippen LogP contribution in [0, 0.1) is 27.7 Å². The first-order valence-corrected chi connectivity index (χ1v) is 40.6. The number of rotatable bonds is 10. The molecule has 0 spiro atoms. The van der Waals surface area contributed by atoms with Gasteiger partial charge in [0.05, 0.1) is 45.5 Å². The molecule has 0 N–H and O–H groups in total. The van der Waals surface area contributed by atoms with Crippen molar-refractivity contribution in [2.75, 3.05) is 39.2 Å². The fourth-order valence-electron chi connectivity index (χ4n) is 18.4. The van der Waals surface area contributed by atoms with Crippen LogP contribution in [0.5, 0.6) is 0 Å². The lowest BCUT2D eigenvalue weighted by molar-refractivity contribution is 0.603. The van der Waals surface area contributed by atoms with Gasteiger partial charge in [-0.05, 0) is 187 Å². The van der Waals surface area contributed by atoms with Gasteiger partial charge in [0.1, 0.15) is 47.0 Å². The first-order chi connectivity index (χ1) is 55.9. The number of hydrogen-bond acceptors (Lipinski definition) is 12. The summed E-state index contributed by atoms with van der Waals surface area (Å²) < 4.78 is 25.5. The molecule has 13 aromatic carbocycles. The van der Waals surface area contributed by atoms with Gasteiger partial charge in [0.2, 0.25) is 0 Å². The highest BCUT2D eigenvalue weighted by Crippen LogP contribution is 2.53. The summed E-state index contributed by atoms with van der Waals surface area (Å²) in [7, 11) is 0. The van der Waals surface area contributed by atoms with E-state index in [2.05, 4.69) is 391 Å². The fourth-order valence-corrected chi connectivity index (χ4v) is 18.4. The number of anilines is 11. The molecular weight excluding hydrogens is 1410 g/mol. The first kappa shape index (κ1) is 73.4. The Hall–Kier alpha value is -13.1. The predicted molar refractivity (Wildman–Crippen MR) is 484 cm³/mol. The number of aryl methyl sites for hydroxylation is 4. The molecule has 4 aliphatic heterocycles. The molecule has 0 bridgehead atoms. The van der Waals surface area contributed by atoms with Gasteiger partial charge in [-0.3, -0.25) is 0 Å². The second-order valence-corrected chi connectivity index (χ2v) is 31.9. The normalized spacial score (nSPS) is 16.5. The molecule has 4 aromatic heterocycles. The number of benzene rings is 13. The quantitative estimate of drug-likeness (QED) is 0.131. The highest BCUT2D eigenvalue weighted by molar-refractivity contribution is 6.14. The van der Waals surface area contributed by atoms with E-state index in [0.717, 1.165) is 72.5 Å². The van der Waals surface area contributed by atoms with Crippen LogP contribution in [0.25, 0.3) is 87.8 Å². The van der Waals surface area contributed by atoms with Gasteiger partial charge in [-0.15, -0.1) is 0 Å². The van der Waals surface area contributed by atoms with Gasteiger partial charge in [0, 0.05) is 91.0 Å². The summed E-state index contributed by atoms with van der Waals surface area (Å²) in [5.41, 5.74) is 28.5. The average molecular weight is 1510 g/mol. The Kier molecular flexibility index (Phi) is 19.0. The molecule has 0 saturated heterocycles. The van der Waals surface area contributed by atoms with E-state index in [0.29, 0.717) is 17.9 Å². The van der Waals surface area contributed by atoms with Gasteiger partial charge in [0.15, 0.2) is 22.3 Å². The summed E-state index contributed by atoms with van der Waals surface area (Å²) in [6.45, 7) is 31.3. The van der Waals surface area contributed by atoms with E-state index in [1.54, 1.807) is 0 Å². The number of para-hydroxylation sites is 11. The van der Waals surface area contributed by atoms with Crippen LogP contribution in [-0.2, 0) is 0 Å². The van der Waals surface area contributed by atoms with Crippen molar-refractivity contribution in [3.8, 4) is 0 Å². The molecule has 574 valence electrons. The third-order valence-electron chi connectivity index (χ3n) is 23.9. The Morgan fingerprint density at radius 2 is 0.548 bits per heavy atom. The molecule has 4 aliphatic rings. The molecule has 0 amide bonds. The summed E-state index contributed by atoms with van der Waals surface area (Å²) in [5.74, 6) is 0.915. The maximum absolute atomic E-state index is 6.42. The fraction of sp³-hybridized carbons (Fsp3) is 0.204. The van der Waals surface area contributed by atoms with Crippen molar-refractivity contribution in [2.45, 2.75) is 139 Å². The third kappa shape index (κ3) is 12.5. The van der Waals surface area contributed by atoms with Gasteiger partial charge >= 0.3 is 0 Å². The second kappa shape index (κ2) is 29.8. The van der Waals surface area contributed by atoms with Gasteiger partial charge in [-0.1, -0.05) is 228 Å². The number of fused-ring (bicyclic) bond motifs is 14. The average Bonchev–Trinajstić information content (AvgIpc) is 1.07. The maximum Gasteiger partial charge on any atom is 0.159 e. The zero-order valence-corrected chi connectivity index (χ0v) is 68.0. The molecule has 12 heteroatoms. The monoisotopic (exact) mass is 1510 g/mol. The number of hydrogen-bond donors (Lipinski definition) is 0. The smallest absolute Gasteiger partial charge is 0.159 e. The van der Waals surface area contributed by atoms with Crippen LogP contribution in [0.4, 0.5) is 62.6 Å². The Morgan fingerprint density at radius 3 is 0.948 bits per heavy atom. The molecule has 0 aliphatic carbocycles. The summed E-state index contributed by atoms with van der Waals surface area (Å²) in [6.07, 6.45) is 9.38. The van der Waals surface area contributed by atoms with Crippen molar-refractivity contribution in [2.24, 2.45) is 0 Å². The van der Waals surface area contributed by atoms with Crippen molar-refractivity contribution >= 4 is 150 Å². The van der Waals surface area contributed by atoms with Gasteiger partial charge in [-0.2, -0.15) is 0 Å². The Morgan fingerprint density at radius 1 is 0.243 bits per heavy atom. The van der Waals surface area contributed by atoms with Crippen LogP contribution in [0.3, 0.4) is 0 Å². The summed E-state index contributed by atoms with van der Waals surface area (Å²) in [5, 5.41) is 9.35. The van der Waals surface area contributed by atoms with Crippen molar-refractivity contribution in [1.29, 1.82) is 0 Å². The lowest BCUT2D eigenvalue weighted by Crippen LogP contribution is -2.42. The van der Waals surface area contributed by atoms with E-state index >= 15 is 0 Å². The second-order valence-electron chi connectivity index (χ2n) is 31.9. The SMILES string of the molecule is Cc1ccc2c(oc3ccccc32)c1N1C=CN(c2c(C(C)C)cccc2C(C)C)C1C.Cc1ccc2c(oc3ccccc32)c1N1C=CN(c2ccccc2)C1C.Cc1ccc2c(oc3ccccc32)c1N1c2ccccc2N(C(C)C)C1C.Cc1ccc2c(oc3ccccc32)c1N1c2ccccc2N(c2ccccc2)C1C. The van der Waals surface area contributed by atoms with E-state index in [4.69, 9.17) is 17.7 Å². The molecule has 4 unspecified atom stereocenters. The molecule has 21 rings (SSSR count). The van der Waals surface area contributed by atoms with Gasteiger partial charge < -0.3 is 56.9 Å². The predicted octanol–water partition coefficient (Wildman–Crippen LogP) is 28.5. The highest BCUT2D eigenvalue weighted by Gasteiger charge is 2.40. The van der Waals surface area contributed by atoms with E-state index in [1.165, 1.54) is 111 Å². The van der Waals surface area contributed by atoms with Crippen LogP contribution in [0.15, 0.2) is 315 Å². The molecule has 0 radical (unpaired) electrons. The van der Waals surface area contributed by atoms with Crippen LogP contribution in [0.2, 0.25) is 0 Å². The minimum atomic E-state index is 0.113. The van der Waals surface area contributed by atoms with Crippen molar-refractivity contribution in [1.82, 2.24) is 0 Å². The molecule has 0 fully saturated rings. The summed E-state index contributed by atoms with van der Waals surface area (Å²) in [4.78, 5) is 19.1. The zero-order chi connectivity index (χ0) is 79.2. The topological polar surface area (TPSA) is 78.5 Å². The van der Waals surface area contributed by atoms with E-state index in [1.807, 2.05) is 42.5 Å². The number of nitrogens with zero attached hydrogens (tertiary/aromatic N) is 8. The minimum Gasteiger partial charge on any atom is -0.454 e. The highest BCUT2D eigenvalue weighted by atomic mass is 16.3. The Bertz CT molecular complexity index is 6560. The van der Waals surface area contributed by atoms with Gasteiger partial charge in [0.25, 0.3) is 0 Å². The molecular formula is C103H98N8O4. The van der Waals surface area contributed by atoms with E-state index in [-0.39, 0.29) is 24.7 Å². The zero-order valence-electron chi connectivity index (χ0n) is 68.0. The van der Waals surface area contributed by atoms with Crippen LogP contribution in [-0.4, -0.2) is 30.7 Å². The minimum absolute atomic E-state index is 0.113. The first-order valence-electron chi connectivity index (χ1n) is 40.6. The molecule has 4 atom stereocenters. The lowest BCUT2D eigenvalue weighted by Gasteiger charge is -2.34. The van der Waals surface area contributed by atoms with Crippen LogP contribution in [0.1, 0.15) is 114 Å². The van der Waals surface area contributed by atoms with E-state index < -0.39 is 0 Å². The lowest BCUT2D eigenvalue weighted by atomic mass is 9.92.